The number of aromatic nitrogens is 1. The van der Waals surface area contributed by atoms with Crippen molar-refractivity contribution in [3.63, 3.8) is 0 Å². The average molecular weight is 298 g/mol. The van der Waals surface area contributed by atoms with Crippen LogP contribution < -0.4 is 5.32 Å². The molecule has 0 saturated heterocycles. The predicted molar refractivity (Wildman–Crippen MR) is 72.0 cm³/mol. The molecule has 0 aliphatic heterocycles. The Labute approximate surface area is 119 Å². The number of benzene rings is 1. The Morgan fingerprint density at radius 2 is 1.90 bits per heavy atom. The van der Waals surface area contributed by atoms with E-state index in [1.165, 1.54) is 12.1 Å². The third kappa shape index (κ3) is 3.58. The third-order valence-electron chi connectivity index (χ3n) is 3.05. The zero-order valence-corrected chi connectivity index (χ0v) is 11.3. The van der Waals surface area contributed by atoms with E-state index in [0.29, 0.717) is 17.7 Å². The number of pyridine rings is 1. The van der Waals surface area contributed by atoms with Gasteiger partial charge in [-0.15, -0.1) is 0 Å². The summed E-state index contributed by atoms with van der Waals surface area (Å²) in [5.41, 5.74) is -0.0205. The fraction of sp³-hybridized carbons (Fsp3) is 0.267. The molecule has 2 aromatic rings. The first-order valence-corrected chi connectivity index (χ1v) is 6.44. The Balaban J connectivity index is 2.57. The molecule has 2 nitrogen and oxygen atoms in total. The molecule has 0 unspecified atom stereocenters. The fourth-order valence-corrected chi connectivity index (χ4v) is 2.09. The van der Waals surface area contributed by atoms with E-state index < -0.39 is 17.6 Å². The molecule has 0 radical (unpaired) electrons. The number of nitrogens with one attached hydrogen (secondary N) is 1. The molecule has 0 saturated carbocycles. The van der Waals surface area contributed by atoms with Gasteiger partial charge in [0.15, 0.2) is 0 Å². The summed E-state index contributed by atoms with van der Waals surface area (Å²) in [6.07, 6.45) is -2.23. The first-order valence-electron chi connectivity index (χ1n) is 6.44. The van der Waals surface area contributed by atoms with Crippen LogP contribution >= 0.6 is 0 Å². The number of nitrogens with zero attached hydrogens (tertiary/aromatic N) is 1. The zero-order chi connectivity index (χ0) is 15.5. The van der Waals surface area contributed by atoms with Gasteiger partial charge in [0.1, 0.15) is 5.82 Å². The zero-order valence-electron chi connectivity index (χ0n) is 11.3. The van der Waals surface area contributed by atoms with E-state index in [2.05, 4.69) is 10.3 Å². The molecular formula is C15H14F4N2. The standard InChI is InChI=1S/C15H14F4N2/c1-2-20-8-10-7-11(16)3-4-12(10)13-9-21-6-5-14(13)15(17,18)19/h3-7,9,20H,2,8H2,1H3. The summed E-state index contributed by atoms with van der Waals surface area (Å²) in [6, 6.07) is 4.67. The van der Waals surface area contributed by atoms with Crippen molar-refractivity contribution in [1.82, 2.24) is 10.3 Å². The molecule has 0 aliphatic rings. The van der Waals surface area contributed by atoms with Crippen molar-refractivity contribution in [2.75, 3.05) is 6.54 Å². The van der Waals surface area contributed by atoms with Crippen molar-refractivity contribution < 1.29 is 17.6 Å². The van der Waals surface area contributed by atoms with E-state index in [1.807, 2.05) is 6.92 Å². The molecule has 1 heterocycles. The van der Waals surface area contributed by atoms with Crippen LogP contribution in [0.1, 0.15) is 18.1 Å². The molecule has 0 aliphatic carbocycles. The maximum atomic E-state index is 13.4. The van der Waals surface area contributed by atoms with Crippen molar-refractivity contribution in [1.29, 1.82) is 0 Å². The van der Waals surface area contributed by atoms with E-state index in [1.54, 1.807) is 0 Å². The van der Waals surface area contributed by atoms with Gasteiger partial charge in [0.2, 0.25) is 0 Å². The summed E-state index contributed by atoms with van der Waals surface area (Å²) < 4.78 is 52.6. The molecule has 0 bridgehead atoms. The van der Waals surface area contributed by atoms with Gasteiger partial charge in [-0.25, -0.2) is 4.39 Å². The summed E-state index contributed by atoms with van der Waals surface area (Å²) in [5, 5.41) is 2.99. The second-order valence-corrected chi connectivity index (χ2v) is 4.50. The van der Waals surface area contributed by atoms with Gasteiger partial charge in [-0.1, -0.05) is 13.0 Å². The van der Waals surface area contributed by atoms with E-state index in [-0.39, 0.29) is 12.1 Å². The van der Waals surface area contributed by atoms with Gasteiger partial charge >= 0.3 is 6.18 Å². The van der Waals surface area contributed by atoms with Gasteiger partial charge < -0.3 is 5.32 Å². The highest BCUT2D eigenvalue weighted by molar-refractivity contribution is 5.70. The van der Waals surface area contributed by atoms with Crippen LogP contribution in [-0.4, -0.2) is 11.5 Å². The summed E-state index contributed by atoms with van der Waals surface area (Å²) >= 11 is 0. The van der Waals surface area contributed by atoms with E-state index in [4.69, 9.17) is 0 Å². The van der Waals surface area contributed by atoms with Crippen LogP contribution in [0.4, 0.5) is 17.6 Å². The number of rotatable bonds is 4. The van der Waals surface area contributed by atoms with Crippen LogP contribution in [0, 0.1) is 5.82 Å². The Morgan fingerprint density at radius 1 is 1.14 bits per heavy atom. The van der Waals surface area contributed by atoms with E-state index >= 15 is 0 Å². The second kappa shape index (κ2) is 6.22. The van der Waals surface area contributed by atoms with Crippen LogP contribution in [-0.2, 0) is 12.7 Å². The Hall–Kier alpha value is -1.95. The summed E-state index contributed by atoms with van der Waals surface area (Å²) in [5.74, 6) is -0.482. The molecule has 1 N–H and O–H groups in total. The minimum Gasteiger partial charge on any atom is -0.313 e. The monoisotopic (exact) mass is 298 g/mol. The SMILES string of the molecule is CCNCc1cc(F)ccc1-c1cnccc1C(F)(F)F. The lowest BCUT2D eigenvalue weighted by Gasteiger charge is -2.15. The van der Waals surface area contributed by atoms with E-state index in [0.717, 1.165) is 24.5 Å². The molecule has 0 spiro atoms. The van der Waals surface area contributed by atoms with Crippen LogP contribution in [0.2, 0.25) is 0 Å². The smallest absolute Gasteiger partial charge is 0.313 e. The molecule has 21 heavy (non-hydrogen) atoms. The lowest BCUT2D eigenvalue weighted by atomic mass is 9.96. The summed E-state index contributed by atoms with van der Waals surface area (Å²) in [7, 11) is 0. The predicted octanol–water partition coefficient (Wildman–Crippen LogP) is 4.02. The highest BCUT2D eigenvalue weighted by Crippen LogP contribution is 2.37. The number of hydrogen-bond donors (Lipinski definition) is 1. The first kappa shape index (κ1) is 15.4. The minimum absolute atomic E-state index is 0.0436. The van der Waals surface area contributed by atoms with Gasteiger partial charge in [-0.05, 0) is 35.9 Å². The number of hydrogen-bond acceptors (Lipinski definition) is 2. The first-order chi connectivity index (χ1) is 9.93. The van der Waals surface area contributed by atoms with Gasteiger partial charge in [0, 0.05) is 24.5 Å². The lowest BCUT2D eigenvalue weighted by molar-refractivity contribution is -0.137. The van der Waals surface area contributed by atoms with Crippen LogP contribution in [0.25, 0.3) is 11.1 Å². The molecular weight excluding hydrogens is 284 g/mol. The van der Waals surface area contributed by atoms with Crippen LogP contribution in [0.3, 0.4) is 0 Å². The molecule has 0 fully saturated rings. The minimum atomic E-state index is -4.48. The Morgan fingerprint density at radius 3 is 2.57 bits per heavy atom. The Bertz CT molecular complexity index is 623. The van der Waals surface area contributed by atoms with Gasteiger partial charge in [-0.2, -0.15) is 13.2 Å². The molecule has 2 rings (SSSR count). The van der Waals surface area contributed by atoms with Gasteiger partial charge in [0.05, 0.1) is 5.56 Å². The molecule has 1 aromatic carbocycles. The molecule has 112 valence electrons. The molecule has 0 atom stereocenters. The molecule has 6 heteroatoms. The topological polar surface area (TPSA) is 24.9 Å². The van der Waals surface area contributed by atoms with Crippen molar-refractivity contribution in [2.45, 2.75) is 19.6 Å². The van der Waals surface area contributed by atoms with Crippen LogP contribution in [0.5, 0.6) is 0 Å². The average Bonchev–Trinajstić information content (AvgIpc) is 2.44. The number of alkyl halides is 3. The second-order valence-electron chi connectivity index (χ2n) is 4.50. The van der Waals surface area contributed by atoms with Crippen molar-refractivity contribution in [3.8, 4) is 11.1 Å². The maximum Gasteiger partial charge on any atom is 0.417 e. The highest BCUT2D eigenvalue weighted by atomic mass is 19.4. The van der Waals surface area contributed by atoms with Crippen molar-refractivity contribution >= 4 is 0 Å². The van der Waals surface area contributed by atoms with Crippen molar-refractivity contribution in [3.05, 3.63) is 53.6 Å². The summed E-state index contributed by atoms with van der Waals surface area (Å²) in [4.78, 5) is 3.76. The van der Waals surface area contributed by atoms with Crippen LogP contribution in [0.15, 0.2) is 36.7 Å². The largest absolute Gasteiger partial charge is 0.417 e. The highest BCUT2D eigenvalue weighted by Gasteiger charge is 2.34. The summed E-state index contributed by atoms with van der Waals surface area (Å²) in [6.45, 7) is 2.79. The maximum absolute atomic E-state index is 13.4. The lowest BCUT2D eigenvalue weighted by Crippen LogP contribution is -2.14. The van der Waals surface area contributed by atoms with Crippen molar-refractivity contribution in [2.24, 2.45) is 0 Å². The molecule has 0 amide bonds. The van der Waals surface area contributed by atoms with Gasteiger partial charge in [0.25, 0.3) is 0 Å². The van der Waals surface area contributed by atoms with E-state index in [9.17, 15) is 17.6 Å². The third-order valence-corrected chi connectivity index (χ3v) is 3.05. The number of halogens is 4. The van der Waals surface area contributed by atoms with Gasteiger partial charge in [-0.3, -0.25) is 4.98 Å². The Kier molecular flexibility index (Phi) is 4.57. The molecule has 1 aromatic heterocycles. The quantitative estimate of drug-likeness (QED) is 0.863. The fourth-order valence-electron chi connectivity index (χ4n) is 2.09. The normalized spacial score (nSPS) is 11.7.